The molecule has 0 unspecified atom stereocenters. The van der Waals surface area contributed by atoms with Crippen LogP contribution in [0.5, 0.6) is 0 Å². The van der Waals surface area contributed by atoms with Crippen LogP contribution in [-0.2, 0) is 11.3 Å². The van der Waals surface area contributed by atoms with E-state index in [0.29, 0.717) is 5.56 Å². The summed E-state index contributed by atoms with van der Waals surface area (Å²) in [6.45, 7) is 4.22. The van der Waals surface area contributed by atoms with E-state index in [-0.39, 0.29) is 12.4 Å². The third kappa shape index (κ3) is 4.16. The van der Waals surface area contributed by atoms with Gasteiger partial charge in [0.1, 0.15) is 5.82 Å². The van der Waals surface area contributed by atoms with Crippen LogP contribution >= 0.6 is 11.3 Å². The summed E-state index contributed by atoms with van der Waals surface area (Å²) in [6, 6.07) is 10.9. The van der Waals surface area contributed by atoms with Crippen LogP contribution in [0.15, 0.2) is 36.4 Å². The van der Waals surface area contributed by atoms with Gasteiger partial charge in [-0.25, -0.2) is 4.39 Å². The molecule has 6 heteroatoms. The lowest BCUT2D eigenvalue weighted by atomic mass is 10.2. The summed E-state index contributed by atoms with van der Waals surface area (Å²) < 4.78 is 13.8. The summed E-state index contributed by atoms with van der Waals surface area (Å²) in [4.78, 5) is 17.1. The Labute approximate surface area is 138 Å². The highest BCUT2D eigenvalue weighted by atomic mass is 32.1. The van der Waals surface area contributed by atoms with E-state index in [2.05, 4.69) is 11.0 Å². The van der Waals surface area contributed by atoms with Gasteiger partial charge in [-0.05, 0) is 18.2 Å². The van der Waals surface area contributed by atoms with Gasteiger partial charge in [0.2, 0.25) is 0 Å². The Balaban J connectivity index is 1.58. The summed E-state index contributed by atoms with van der Waals surface area (Å²) in [7, 11) is 0. The van der Waals surface area contributed by atoms with E-state index in [9.17, 15) is 9.18 Å². The molecular weight excluding hydrogens is 315 g/mol. The predicted molar refractivity (Wildman–Crippen MR) is 89.1 cm³/mol. The zero-order valence-corrected chi connectivity index (χ0v) is 13.6. The lowest BCUT2D eigenvalue weighted by Crippen LogP contribution is -2.47. The summed E-state index contributed by atoms with van der Waals surface area (Å²) in [6.07, 6.45) is 0. The standard InChI is InChI=1S/C17H19FN2O2S/c18-15-4-2-1-3-14(15)16-6-5-13(23-16)11-19-7-9-20(10-8-19)12-17(21)22/h1-6H,7-12H2,(H,21,22). The zero-order valence-electron chi connectivity index (χ0n) is 12.7. The lowest BCUT2D eigenvalue weighted by molar-refractivity contribution is -0.138. The van der Waals surface area contributed by atoms with Crippen molar-refractivity contribution >= 4 is 17.3 Å². The number of thiophene rings is 1. The normalized spacial score (nSPS) is 16.6. The van der Waals surface area contributed by atoms with Crippen molar-refractivity contribution in [3.05, 3.63) is 47.1 Å². The largest absolute Gasteiger partial charge is 0.480 e. The second-order valence-corrected chi connectivity index (χ2v) is 6.86. The molecule has 3 rings (SSSR count). The van der Waals surface area contributed by atoms with Crippen molar-refractivity contribution in [2.75, 3.05) is 32.7 Å². The van der Waals surface area contributed by atoms with Crippen molar-refractivity contribution in [2.24, 2.45) is 0 Å². The third-order valence-electron chi connectivity index (χ3n) is 4.00. The number of carboxylic acids is 1. The Morgan fingerprint density at radius 2 is 1.78 bits per heavy atom. The van der Waals surface area contributed by atoms with Crippen molar-refractivity contribution in [3.63, 3.8) is 0 Å². The van der Waals surface area contributed by atoms with E-state index in [1.165, 1.54) is 10.9 Å². The van der Waals surface area contributed by atoms with Crippen molar-refractivity contribution in [3.8, 4) is 10.4 Å². The molecule has 0 radical (unpaired) electrons. The molecule has 0 spiro atoms. The first kappa shape index (κ1) is 16.1. The molecule has 1 aliphatic heterocycles. The minimum Gasteiger partial charge on any atom is -0.480 e. The van der Waals surface area contributed by atoms with Crippen LogP contribution < -0.4 is 0 Å². The molecule has 0 aliphatic carbocycles. The Morgan fingerprint density at radius 1 is 1.09 bits per heavy atom. The molecule has 2 heterocycles. The lowest BCUT2D eigenvalue weighted by Gasteiger charge is -2.33. The first-order valence-corrected chi connectivity index (χ1v) is 8.43. The van der Waals surface area contributed by atoms with Gasteiger partial charge in [-0.2, -0.15) is 0 Å². The number of rotatable bonds is 5. The van der Waals surface area contributed by atoms with E-state index in [0.717, 1.165) is 37.6 Å². The van der Waals surface area contributed by atoms with Crippen molar-refractivity contribution in [1.29, 1.82) is 0 Å². The maximum atomic E-state index is 13.8. The number of carbonyl (C=O) groups is 1. The summed E-state index contributed by atoms with van der Waals surface area (Å²) in [5.41, 5.74) is 0.648. The fourth-order valence-corrected chi connectivity index (χ4v) is 3.86. The zero-order chi connectivity index (χ0) is 16.2. The Bertz CT molecular complexity index is 681. The number of hydrogen-bond donors (Lipinski definition) is 1. The quantitative estimate of drug-likeness (QED) is 0.913. The topological polar surface area (TPSA) is 43.8 Å². The smallest absolute Gasteiger partial charge is 0.317 e. The molecule has 0 amide bonds. The number of aliphatic carboxylic acids is 1. The van der Waals surface area contributed by atoms with E-state index in [4.69, 9.17) is 5.11 Å². The Kier molecular flexibility index (Phi) is 5.05. The molecule has 0 saturated carbocycles. The predicted octanol–water partition coefficient (Wildman–Crippen LogP) is 2.76. The number of hydrogen-bond acceptors (Lipinski definition) is 4. The Hall–Kier alpha value is -1.76. The SMILES string of the molecule is O=C(O)CN1CCN(Cc2ccc(-c3ccccc3F)s2)CC1. The maximum absolute atomic E-state index is 13.8. The summed E-state index contributed by atoms with van der Waals surface area (Å²) in [5, 5.41) is 8.82. The van der Waals surface area contributed by atoms with Gasteiger partial charge in [-0.15, -0.1) is 11.3 Å². The monoisotopic (exact) mass is 334 g/mol. The molecule has 0 atom stereocenters. The van der Waals surface area contributed by atoms with Gasteiger partial charge in [-0.3, -0.25) is 14.6 Å². The highest BCUT2D eigenvalue weighted by molar-refractivity contribution is 7.15. The number of nitrogens with zero attached hydrogens (tertiary/aromatic N) is 2. The minimum atomic E-state index is -0.772. The second-order valence-electron chi connectivity index (χ2n) is 5.69. The first-order valence-electron chi connectivity index (χ1n) is 7.62. The third-order valence-corrected chi connectivity index (χ3v) is 5.11. The number of halogens is 1. The molecule has 1 fully saturated rings. The van der Waals surface area contributed by atoms with Gasteiger partial charge >= 0.3 is 5.97 Å². The molecule has 1 aliphatic rings. The molecule has 1 N–H and O–H groups in total. The van der Waals surface area contributed by atoms with Crippen LogP contribution in [0.3, 0.4) is 0 Å². The fraction of sp³-hybridized carbons (Fsp3) is 0.353. The van der Waals surface area contributed by atoms with Crippen LogP contribution in [0.4, 0.5) is 4.39 Å². The average molecular weight is 334 g/mol. The number of carboxylic acid groups (broad SMARTS) is 1. The number of piperazine rings is 1. The molecule has 2 aromatic rings. The van der Waals surface area contributed by atoms with E-state index in [1.54, 1.807) is 23.5 Å². The van der Waals surface area contributed by atoms with Crippen LogP contribution in [0.2, 0.25) is 0 Å². The Morgan fingerprint density at radius 3 is 2.48 bits per heavy atom. The van der Waals surface area contributed by atoms with Gasteiger partial charge in [-0.1, -0.05) is 18.2 Å². The molecule has 4 nitrogen and oxygen atoms in total. The molecule has 1 saturated heterocycles. The molecule has 0 bridgehead atoms. The van der Waals surface area contributed by atoms with Crippen LogP contribution in [0.25, 0.3) is 10.4 Å². The van der Waals surface area contributed by atoms with Crippen molar-refractivity contribution in [2.45, 2.75) is 6.54 Å². The van der Waals surface area contributed by atoms with Crippen molar-refractivity contribution < 1.29 is 14.3 Å². The molecular formula is C17H19FN2O2S. The maximum Gasteiger partial charge on any atom is 0.317 e. The van der Waals surface area contributed by atoms with Gasteiger partial charge < -0.3 is 5.11 Å². The summed E-state index contributed by atoms with van der Waals surface area (Å²) in [5.74, 6) is -0.963. The van der Waals surface area contributed by atoms with Crippen LogP contribution in [0, 0.1) is 5.82 Å². The highest BCUT2D eigenvalue weighted by Gasteiger charge is 2.19. The summed E-state index contributed by atoms with van der Waals surface area (Å²) >= 11 is 1.62. The molecule has 23 heavy (non-hydrogen) atoms. The van der Waals surface area contributed by atoms with Crippen LogP contribution in [0.1, 0.15) is 4.88 Å². The fourth-order valence-electron chi connectivity index (χ4n) is 2.79. The molecule has 122 valence electrons. The van der Waals surface area contributed by atoms with Gasteiger partial charge in [0.15, 0.2) is 0 Å². The van der Waals surface area contributed by atoms with Gasteiger partial charge in [0, 0.05) is 48.0 Å². The van der Waals surface area contributed by atoms with E-state index < -0.39 is 5.97 Å². The first-order chi connectivity index (χ1) is 11.1. The van der Waals surface area contributed by atoms with Gasteiger partial charge in [0.25, 0.3) is 0 Å². The van der Waals surface area contributed by atoms with Gasteiger partial charge in [0.05, 0.1) is 6.54 Å². The van der Waals surface area contributed by atoms with Crippen LogP contribution in [-0.4, -0.2) is 53.6 Å². The minimum absolute atomic E-state index is 0.115. The van der Waals surface area contributed by atoms with Crippen molar-refractivity contribution in [1.82, 2.24) is 9.80 Å². The second kappa shape index (κ2) is 7.21. The average Bonchev–Trinajstić information content (AvgIpc) is 2.97. The van der Waals surface area contributed by atoms with E-state index in [1.807, 2.05) is 17.0 Å². The molecule has 1 aromatic carbocycles. The molecule has 1 aromatic heterocycles. The number of benzene rings is 1. The highest BCUT2D eigenvalue weighted by Crippen LogP contribution is 2.30. The van der Waals surface area contributed by atoms with E-state index >= 15 is 0 Å².